The van der Waals surface area contributed by atoms with Crippen LogP contribution in [0.25, 0.3) is 0 Å². The van der Waals surface area contributed by atoms with Crippen molar-refractivity contribution < 1.29 is 9.90 Å². The second kappa shape index (κ2) is 8.03. The number of benzene rings is 1. The van der Waals surface area contributed by atoms with Crippen LogP contribution < -0.4 is 10.2 Å². The summed E-state index contributed by atoms with van der Waals surface area (Å²) >= 11 is 0. The predicted octanol–water partition coefficient (Wildman–Crippen LogP) is 1.85. The van der Waals surface area contributed by atoms with E-state index in [0.29, 0.717) is 25.7 Å². The molecule has 2 N–H and O–H groups in total. The van der Waals surface area contributed by atoms with Crippen LogP contribution in [0.2, 0.25) is 0 Å². The van der Waals surface area contributed by atoms with E-state index in [1.54, 1.807) is 4.90 Å². The van der Waals surface area contributed by atoms with E-state index in [1.165, 1.54) is 11.3 Å². The van der Waals surface area contributed by atoms with Gasteiger partial charge in [0.2, 0.25) is 0 Å². The predicted molar refractivity (Wildman–Crippen MR) is 89.3 cm³/mol. The monoisotopic (exact) mass is 305 g/mol. The molecule has 0 bridgehead atoms. The van der Waals surface area contributed by atoms with E-state index in [4.69, 9.17) is 5.11 Å². The number of para-hydroxylation sites is 1. The largest absolute Gasteiger partial charge is 0.395 e. The number of nitrogens with zero attached hydrogens (tertiary/aromatic N) is 2. The molecule has 0 aromatic heterocycles. The van der Waals surface area contributed by atoms with Crippen molar-refractivity contribution in [1.82, 2.24) is 10.2 Å². The molecule has 22 heavy (non-hydrogen) atoms. The fourth-order valence-corrected chi connectivity index (χ4v) is 3.07. The van der Waals surface area contributed by atoms with E-state index in [1.807, 2.05) is 6.92 Å². The Balaban J connectivity index is 1.84. The van der Waals surface area contributed by atoms with Crippen molar-refractivity contribution in [2.24, 2.45) is 0 Å². The quantitative estimate of drug-likeness (QED) is 0.808. The third-order valence-electron chi connectivity index (χ3n) is 4.13. The summed E-state index contributed by atoms with van der Waals surface area (Å²) in [4.78, 5) is 16.1. The number of aliphatic hydroxyl groups excluding tert-OH is 1. The number of hydrogen-bond donors (Lipinski definition) is 2. The Morgan fingerprint density at radius 1 is 1.41 bits per heavy atom. The van der Waals surface area contributed by atoms with E-state index in [2.05, 4.69) is 41.4 Å². The number of hydrogen-bond acceptors (Lipinski definition) is 3. The number of amides is 2. The van der Waals surface area contributed by atoms with Crippen LogP contribution in [0.4, 0.5) is 10.5 Å². The van der Waals surface area contributed by atoms with Gasteiger partial charge in [-0.1, -0.05) is 25.1 Å². The number of rotatable bonds is 7. The van der Waals surface area contributed by atoms with Gasteiger partial charge in [0.1, 0.15) is 0 Å². The van der Waals surface area contributed by atoms with Crippen molar-refractivity contribution in [3.63, 3.8) is 0 Å². The molecule has 0 saturated heterocycles. The zero-order valence-corrected chi connectivity index (χ0v) is 13.6. The van der Waals surface area contributed by atoms with Crippen molar-refractivity contribution in [2.75, 3.05) is 37.7 Å². The fourth-order valence-electron chi connectivity index (χ4n) is 3.07. The molecule has 0 saturated carbocycles. The van der Waals surface area contributed by atoms with Gasteiger partial charge in [0.25, 0.3) is 0 Å². The molecular weight excluding hydrogens is 278 g/mol. The minimum absolute atomic E-state index is 0.00392. The molecule has 122 valence electrons. The van der Waals surface area contributed by atoms with E-state index < -0.39 is 0 Å². The number of carbonyl (C=O) groups is 1. The van der Waals surface area contributed by atoms with Gasteiger partial charge in [-0.05, 0) is 31.4 Å². The highest BCUT2D eigenvalue weighted by atomic mass is 16.3. The van der Waals surface area contributed by atoms with Crippen molar-refractivity contribution >= 4 is 11.7 Å². The van der Waals surface area contributed by atoms with Crippen LogP contribution >= 0.6 is 0 Å². The molecule has 1 atom stereocenters. The normalized spacial score (nSPS) is 16.5. The highest BCUT2D eigenvalue weighted by molar-refractivity contribution is 5.74. The molecule has 0 radical (unpaired) electrons. The first-order valence-corrected chi connectivity index (χ1v) is 8.15. The summed E-state index contributed by atoms with van der Waals surface area (Å²) in [5.41, 5.74) is 2.67. The molecule has 2 rings (SSSR count). The Morgan fingerprint density at radius 2 is 2.18 bits per heavy atom. The van der Waals surface area contributed by atoms with Gasteiger partial charge >= 0.3 is 6.03 Å². The Morgan fingerprint density at radius 3 is 2.91 bits per heavy atom. The highest BCUT2D eigenvalue weighted by Gasteiger charge is 2.25. The van der Waals surface area contributed by atoms with Crippen molar-refractivity contribution in [3.8, 4) is 0 Å². The van der Waals surface area contributed by atoms with E-state index >= 15 is 0 Å². The molecule has 0 fully saturated rings. The first kappa shape index (κ1) is 16.6. The Kier molecular flexibility index (Phi) is 6.07. The lowest BCUT2D eigenvalue weighted by Gasteiger charge is -2.26. The molecule has 2 amide bonds. The molecule has 1 aromatic carbocycles. The number of anilines is 1. The summed E-state index contributed by atoms with van der Waals surface area (Å²) in [7, 11) is 0. The maximum Gasteiger partial charge on any atom is 0.317 e. The molecule has 1 heterocycles. The summed E-state index contributed by atoms with van der Waals surface area (Å²) < 4.78 is 0. The molecule has 5 heteroatoms. The topological polar surface area (TPSA) is 55.8 Å². The molecule has 0 aliphatic carbocycles. The van der Waals surface area contributed by atoms with E-state index in [-0.39, 0.29) is 12.6 Å². The molecule has 1 unspecified atom stereocenters. The lowest BCUT2D eigenvalue weighted by molar-refractivity contribution is 0.177. The number of urea groups is 1. The SMILES string of the molecule is CCCN(CCO)C(=O)NCCN1c2ccccc2CC1C. The molecular formula is C17H27N3O2. The summed E-state index contributed by atoms with van der Waals surface area (Å²) in [6.45, 7) is 6.74. The van der Waals surface area contributed by atoms with Crippen LogP contribution in [0.3, 0.4) is 0 Å². The van der Waals surface area contributed by atoms with Crippen LogP contribution in [0.1, 0.15) is 25.8 Å². The Labute approximate surface area is 132 Å². The molecule has 1 aliphatic heterocycles. The molecule has 1 aliphatic rings. The average Bonchev–Trinajstić information content (AvgIpc) is 2.83. The minimum atomic E-state index is -0.0870. The third-order valence-corrected chi connectivity index (χ3v) is 4.13. The zero-order chi connectivity index (χ0) is 15.9. The van der Waals surface area contributed by atoms with Crippen LogP contribution in [-0.2, 0) is 6.42 Å². The third kappa shape index (κ3) is 3.91. The number of carbonyl (C=O) groups excluding carboxylic acids is 1. The van der Waals surface area contributed by atoms with Gasteiger partial charge in [-0.3, -0.25) is 0 Å². The van der Waals surface area contributed by atoms with Crippen LogP contribution in [-0.4, -0.2) is 54.9 Å². The van der Waals surface area contributed by atoms with Crippen LogP contribution in [0.5, 0.6) is 0 Å². The highest BCUT2D eigenvalue weighted by Crippen LogP contribution is 2.31. The molecule has 1 aromatic rings. The number of fused-ring (bicyclic) bond motifs is 1. The van der Waals surface area contributed by atoms with Gasteiger partial charge in [0, 0.05) is 37.9 Å². The Bertz CT molecular complexity index is 487. The summed E-state index contributed by atoms with van der Waals surface area (Å²) in [5, 5.41) is 12.0. The number of nitrogens with one attached hydrogen (secondary N) is 1. The van der Waals surface area contributed by atoms with Gasteiger partial charge in [0.15, 0.2) is 0 Å². The fraction of sp³-hybridized carbons (Fsp3) is 0.588. The van der Waals surface area contributed by atoms with Crippen molar-refractivity contribution in [3.05, 3.63) is 29.8 Å². The lowest BCUT2D eigenvalue weighted by Crippen LogP contribution is -2.45. The number of aliphatic hydroxyl groups is 1. The lowest BCUT2D eigenvalue weighted by atomic mass is 10.1. The van der Waals surface area contributed by atoms with Gasteiger partial charge in [-0.2, -0.15) is 0 Å². The maximum absolute atomic E-state index is 12.1. The van der Waals surface area contributed by atoms with Crippen molar-refractivity contribution in [2.45, 2.75) is 32.7 Å². The first-order chi connectivity index (χ1) is 10.7. The van der Waals surface area contributed by atoms with Gasteiger partial charge < -0.3 is 20.2 Å². The Hall–Kier alpha value is -1.75. The minimum Gasteiger partial charge on any atom is -0.395 e. The summed E-state index contributed by atoms with van der Waals surface area (Å²) in [5.74, 6) is 0. The summed E-state index contributed by atoms with van der Waals surface area (Å²) in [6.07, 6.45) is 1.96. The zero-order valence-electron chi connectivity index (χ0n) is 13.6. The second-order valence-corrected chi connectivity index (χ2v) is 5.82. The van der Waals surface area contributed by atoms with E-state index in [9.17, 15) is 4.79 Å². The molecule has 5 nitrogen and oxygen atoms in total. The van der Waals surface area contributed by atoms with Crippen LogP contribution in [0, 0.1) is 0 Å². The first-order valence-electron chi connectivity index (χ1n) is 8.15. The standard InChI is InChI=1S/C17H27N3O2/c1-3-9-19(11-12-21)17(22)18-8-10-20-14(2)13-15-6-4-5-7-16(15)20/h4-7,14,21H,3,8-13H2,1-2H3,(H,18,22). The van der Waals surface area contributed by atoms with Gasteiger partial charge in [-0.15, -0.1) is 0 Å². The maximum atomic E-state index is 12.1. The van der Waals surface area contributed by atoms with Crippen molar-refractivity contribution in [1.29, 1.82) is 0 Å². The summed E-state index contributed by atoms with van der Waals surface area (Å²) in [6, 6.07) is 8.85. The van der Waals surface area contributed by atoms with Crippen LogP contribution in [0.15, 0.2) is 24.3 Å². The van der Waals surface area contributed by atoms with E-state index in [0.717, 1.165) is 19.4 Å². The van der Waals surface area contributed by atoms with Gasteiger partial charge in [0.05, 0.1) is 6.61 Å². The van der Waals surface area contributed by atoms with Gasteiger partial charge in [-0.25, -0.2) is 4.79 Å². The molecule has 0 spiro atoms. The second-order valence-electron chi connectivity index (χ2n) is 5.82. The smallest absolute Gasteiger partial charge is 0.317 e. The average molecular weight is 305 g/mol.